The lowest BCUT2D eigenvalue weighted by molar-refractivity contribution is -0.139. The highest BCUT2D eigenvalue weighted by Crippen LogP contribution is 2.22. The van der Waals surface area contributed by atoms with Gasteiger partial charge in [-0.05, 0) is 17.5 Å². The molecule has 2 amide bonds. The highest BCUT2D eigenvalue weighted by molar-refractivity contribution is 5.90. The molecule has 0 aliphatic carbocycles. The number of benzene rings is 1. The minimum atomic E-state index is -0.702. The number of nitrogens with one attached hydrogen (secondary N) is 1. The van der Waals surface area contributed by atoms with E-state index in [1.54, 1.807) is 0 Å². The number of β-amino-alcohol motifs (C(OH)–C–C–N with tert-alkyl or cyclic N) is 1. The summed E-state index contributed by atoms with van der Waals surface area (Å²) in [7, 11) is 0. The van der Waals surface area contributed by atoms with Crippen molar-refractivity contribution < 1.29 is 14.7 Å². The third-order valence-electron chi connectivity index (χ3n) is 4.27. The number of hydrogen-bond donors (Lipinski definition) is 3. The second-order valence-electron chi connectivity index (χ2n) is 5.70. The van der Waals surface area contributed by atoms with Crippen LogP contribution < -0.4 is 11.1 Å². The summed E-state index contributed by atoms with van der Waals surface area (Å²) in [5, 5.41) is 12.9. The van der Waals surface area contributed by atoms with Gasteiger partial charge in [-0.1, -0.05) is 24.3 Å². The Hall–Kier alpha value is -1.92. The van der Waals surface area contributed by atoms with Crippen LogP contribution >= 0.6 is 0 Å². The van der Waals surface area contributed by atoms with E-state index in [-0.39, 0.29) is 24.9 Å². The Morgan fingerprint density at radius 2 is 2.00 bits per heavy atom. The molecule has 2 heterocycles. The maximum Gasteiger partial charge on any atom is 0.240 e. The fourth-order valence-electron chi connectivity index (χ4n) is 3.16. The summed E-state index contributed by atoms with van der Waals surface area (Å²) in [6.07, 6.45) is 0.139. The van der Waals surface area contributed by atoms with Gasteiger partial charge in [-0.3, -0.25) is 9.59 Å². The van der Waals surface area contributed by atoms with Crippen LogP contribution in [0.2, 0.25) is 0 Å². The molecule has 2 aliphatic rings. The van der Waals surface area contributed by atoms with Crippen LogP contribution in [0.1, 0.15) is 17.5 Å². The number of rotatable bonds is 2. The molecule has 0 bridgehead atoms. The molecule has 1 fully saturated rings. The summed E-state index contributed by atoms with van der Waals surface area (Å²) in [4.78, 5) is 25.5. The molecule has 1 aromatic carbocycles. The largest absolute Gasteiger partial charge is 0.391 e. The van der Waals surface area contributed by atoms with E-state index < -0.39 is 18.1 Å². The van der Waals surface area contributed by atoms with E-state index in [1.165, 1.54) is 10.5 Å². The average molecular weight is 289 g/mol. The van der Waals surface area contributed by atoms with Crippen molar-refractivity contribution in [2.75, 3.05) is 6.54 Å². The van der Waals surface area contributed by atoms with Gasteiger partial charge in [0.25, 0.3) is 0 Å². The topological polar surface area (TPSA) is 95.7 Å². The van der Waals surface area contributed by atoms with Crippen LogP contribution in [-0.2, 0) is 22.6 Å². The van der Waals surface area contributed by atoms with Gasteiger partial charge in [0.2, 0.25) is 11.8 Å². The molecule has 2 aliphatic heterocycles. The minimum absolute atomic E-state index is 0.162. The Morgan fingerprint density at radius 1 is 1.29 bits per heavy atom. The van der Waals surface area contributed by atoms with Crippen molar-refractivity contribution in [3.63, 3.8) is 0 Å². The zero-order chi connectivity index (χ0) is 15.0. The van der Waals surface area contributed by atoms with Crippen molar-refractivity contribution in [1.82, 2.24) is 10.2 Å². The smallest absolute Gasteiger partial charge is 0.240 e. The number of nitrogens with two attached hydrogens (primary N) is 1. The molecule has 112 valence electrons. The third kappa shape index (κ3) is 2.64. The van der Waals surface area contributed by atoms with Gasteiger partial charge in [0.1, 0.15) is 6.04 Å². The van der Waals surface area contributed by atoms with E-state index in [4.69, 9.17) is 5.73 Å². The predicted molar refractivity (Wildman–Crippen MR) is 76.1 cm³/mol. The number of primary amides is 1. The second kappa shape index (κ2) is 5.46. The lowest BCUT2D eigenvalue weighted by Crippen LogP contribution is -2.53. The summed E-state index contributed by atoms with van der Waals surface area (Å²) in [6.45, 7) is 0.802. The van der Waals surface area contributed by atoms with Gasteiger partial charge in [-0.2, -0.15) is 0 Å². The molecule has 1 aromatic rings. The van der Waals surface area contributed by atoms with E-state index >= 15 is 0 Å². The number of nitrogens with zero attached hydrogens (tertiary/aromatic N) is 1. The molecule has 3 atom stereocenters. The molecular weight excluding hydrogens is 270 g/mol. The van der Waals surface area contributed by atoms with Crippen LogP contribution in [-0.4, -0.2) is 46.6 Å². The van der Waals surface area contributed by atoms with Gasteiger partial charge in [0.15, 0.2) is 0 Å². The molecule has 0 saturated carbocycles. The van der Waals surface area contributed by atoms with Crippen molar-refractivity contribution in [2.24, 2.45) is 5.73 Å². The first-order valence-electron chi connectivity index (χ1n) is 7.14. The Bertz CT molecular complexity index is 575. The number of aliphatic hydroxyl groups excluding tert-OH is 1. The molecule has 0 spiro atoms. The number of carbonyl (C=O) groups is 2. The molecule has 1 saturated heterocycles. The normalized spacial score (nSPS) is 28.2. The standard InChI is InChI=1S/C15H19N3O3/c16-14(20)13-6-11(19)8-18(13)15(21)12-5-9-3-1-2-4-10(9)7-17-12/h1-4,11-13,17,19H,5-8H2,(H2,16,20). The Labute approximate surface area is 122 Å². The number of fused-ring (bicyclic) bond motifs is 1. The van der Waals surface area contributed by atoms with E-state index in [0.29, 0.717) is 13.0 Å². The van der Waals surface area contributed by atoms with Gasteiger partial charge in [-0.25, -0.2) is 0 Å². The molecule has 6 nitrogen and oxygen atoms in total. The molecular formula is C15H19N3O3. The van der Waals surface area contributed by atoms with E-state index in [9.17, 15) is 14.7 Å². The van der Waals surface area contributed by atoms with Crippen molar-refractivity contribution in [3.05, 3.63) is 35.4 Å². The maximum atomic E-state index is 12.6. The summed E-state index contributed by atoms with van der Waals surface area (Å²) < 4.78 is 0. The molecule has 6 heteroatoms. The van der Waals surface area contributed by atoms with Crippen molar-refractivity contribution >= 4 is 11.8 Å². The van der Waals surface area contributed by atoms with Gasteiger partial charge < -0.3 is 21.1 Å². The summed E-state index contributed by atoms with van der Waals surface area (Å²) >= 11 is 0. The quantitative estimate of drug-likeness (QED) is 0.661. The van der Waals surface area contributed by atoms with Crippen LogP contribution in [0.15, 0.2) is 24.3 Å². The summed E-state index contributed by atoms with van der Waals surface area (Å²) in [6, 6.07) is 6.91. The summed E-state index contributed by atoms with van der Waals surface area (Å²) in [5.74, 6) is -0.721. The van der Waals surface area contributed by atoms with Gasteiger partial charge in [0.05, 0.1) is 12.1 Å². The van der Waals surface area contributed by atoms with Crippen molar-refractivity contribution in [1.29, 1.82) is 0 Å². The molecule has 0 radical (unpaired) electrons. The fraction of sp³-hybridized carbons (Fsp3) is 0.467. The summed E-state index contributed by atoms with van der Waals surface area (Å²) in [5.41, 5.74) is 7.66. The van der Waals surface area contributed by atoms with Gasteiger partial charge >= 0.3 is 0 Å². The van der Waals surface area contributed by atoms with Crippen LogP contribution in [0.5, 0.6) is 0 Å². The Kier molecular flexibility index (Phi) is 3.65. The monoisotopic (exact) mass is 289 g/mol. The highest BCUT2D eigenvalue weighted by atomic mass is 16.3. The number of likely N-dealkylation sites (tertiary alicyclic amines) is 1. The van der Waals surface area contributed by atoms with Crippen LogP contribution in [0.4, 0.5) is 0 Å². The molecule has 21 heavy (non-hydrogen) atoms. The average Bonchev–Trinajstić information content (AvgIpc) is 2.88. The molecule has 4 N–H and O–H groups in total. The third-order valence-corrected chi connectivity index (χ3v) is 4.27. The molecule has 3 rings (SSSR count). The SMILES string of the molecule is NC(=O)C1CC(O)CN1C(=O)C1Cc2ccccc2CN1. The van der Waals surface area contributed by atoms with E-state index in [1.807, 2.05) is 24.3 Å². The van der Waals surface area contributed by atoms with Crippen molar-refractivity contribution in [3.8, 4) is 0 Å². The van der Waals surface area contributed by atoms with Gasteiger partial charge in [-0.15, -0.1) is 0 Å². The second-order valence-corrected chi connectivity index (χ2v) is 5.70. The van der Waals surface area contributed by atoms with Crippen LogP contribution in [0, 0.1) is 0 Å². The number of hydrogen-bond acceptors (Lipinski definition) is 4. The maximum absolute atomic E-state index is 12.6. The zero-order valence-corrected chi connectivity index (χ0v) is 11.7. The van der Waals surface area contributed by atoms with Crippen LogP contribution in [0.25, 0.3) is 0 Å². The lowest BCUT2D eigenvalue weighted by Gasteiger charge is -2.31. The van der Waals surface area contributed by atoms with Crippen LogP contribution in [0.3, 0.4) is 0 Å². The Balaban J connectivity index is 1.76. The predicted octanol–water partition coefficient (Wildman–Crippen LogP) is -0.852. The first-order valence-corrected chi connectivity index (χ1v) is 7.14. The first kappa shape index (κ1) is 14.0. The highest BCUT2D eigenvalue weighted by Gasteiger charge is 2.40. The number of amides is 2. The molecule has 3 unspecified atom stereocenters. The number of aliphatic hydroxyl groups is 1. The lowest BCUT2D eigenvalue weighted by atomic mass is 9.95. The minimum Gasteiger partial charge on any atom is -0.391 e. The van der Waals surface area contributed by atoms with E-state index in [2.05, 4.69) is 5.32 Å². The molecule has 0 aromatic heterocycles. The number of carbonyl (C=O) groups excluding carboxylic acids is 2. The fourth-order valence-corrected chi connectivity index (χ4v) is 3.16. The van der Waals surface area contributed by atoms with Crippen molar-refractivity contribution in [2.45, 2.75) is 37.6 Å². The zero-order valence-electron chi connectivity index (χ0n) is 11.7. The van der Waals surface area contributed by atoms with E-state index in [0.717, 1.165) is 5.56 Å². The first-order chi connectivity index (χ1) is 10.1. The van der Waals surface area contributed by atoms with Gasteiger partial charge in [0, 0.05) is 19.5 Å². The Morgan fingerprint density at radius 3 is 2.71 bits per heavy atom.